The van der Waals surface area contributed by atoms with Crippen molar-refractivity contribution >= 4 is 28.8 Å². The van der Waals surface area contributed by atoms with E-state index in [4.69, 9.17) is 5.73 Å². The number of piperidine rings is 1. The van der Waals surface area contributed by atoms with E-state index in [1.54, 1.807) is 6.21 Å². The minimum absolute atomic E-state index is 0.182. The summed E-state index contributed by atoms with van der Waals surface area (Å²) in [4.78, 5) is 2.28. The van der Waals surface area contributed by atoms with Crippen molar-refractivity contribution in [3.05, 3.63) is 65.7 Å². The Balaban J connectivity index is 1.61. The van der Waals surface area contributed by atoms with Gasteiger partial charge in [0.15, 0.2) is 5.17 Å². The summed E-state index contributed by atoms with van der Waals surface area (Å²) in [6.45, 7) is 1.70. The van der Waals surface area contributed by atoms with Gasteiger partial charge in [-0.15, -0.1) is 5.10 Å². The van der Waals surface area contributed by atoms with Gasteiger partial charge in [-0.05, 0) is 24.5 Å². The van der Waals surface area contributed by atoms with Crippen molar-refractivity contribution in [3.63, 3.8) is 0 Å². The van der Waals surface area contributed by atoms with Crippen LogP contribution in [-0.4, -0.2) is 35.7 Å². The fourth-order valence-electron chi connectivity index (χ4n) is 2.90. The third-order valence-electron chi connectivity index (χ3n) is 4.32. The lowest BCUT2D eigenvalue weighted by Crippen LogP contribution is -2.36. The summed E-state index contributed by atoms with van der Waals surface area (Å²) in [5.41, 5.74) is 9.28. The van der Waals surface area contributed by atoms with E-state index in [1.165, 1.54) is 17.3 Å². The number of hydrogen-bond donors (Lipinski definition) is 2. The van der Waals surface area contributed by atoms with Gasteiger partial charge in [0.2, 0.25) is 0 Å². The monoisotopic (exact) mass is 368 g/mol. The van der Waals surface area contributed by atoms with Crippen LogP contribution in [0, 0.1) is 0 Å². The summed E-state index contributed by atoms with van der Waals surface area (Å²) in [5, 5.41) is 18.4. The Morgan fingerprint density at radius 2 is 1.81 bits per heavy atom. The molecule has 6 heteroatoms. The highest BCUT2D eigenvalue weighted by Gasteiger charge is 2.18. The maximum absolute atomic E-state index is 9.69. The highest BCUT2D eigenvalue weighted by Crippen LogP contribution is 2.23. The summed E-state index contributed by atoms with van der Waals surface area (Å²) in [6, 6.07) is 18.3. The molecule has 0 aliphatic carbocycles. The first-order chi connectivity index (χ1) is 12.7. The highest BCUT2D eigenvalue weighted by molar-refractivity contribution is 8.13. The molecule has 1 aliphatic rings. The first-order valence-electron chi connectivity index (χ1n) is 8.77. The van der Waals surface area contributed by atoms with Crippen LogP contribution in [-0.2, 0) is 5.75 Å². The zero-order valence-electron chi connectivity index (χ0n) is 14.7. The molecule has 0 atom stereocenters. The van der Waals surface area contributed by atoms with Crippen LogP contribution in [0.3, 0.4) is 0 Å². The number of benzene rings is 2. The molecule has 1 saturated heterocycles. The predicted molar refractivity (Wildman–Crippen MR) is 111 cm³/mol. The molecule has 0 radical (unpaired) electrons. The molecule has 0 amide bonds. The van der Waals surface area contributed by atoms with E-state index in [0.717, 1.165) is 42.9 Å². The molecule has 1 aliphatic heterocycles. The Kier molecular flexibility index (Phi) is 6.68. The lowest BCUT2D eigenvalue weighted by molar-refractivity contribution is 0.145. The quantitative estimate of drug-likeness (QED) is 0.483. The average molecular weight is 369 g/mol. The van der Waals surface area contributed by atoms with Gasteiger partial charge < -0.3 is 15.7 Å². The second-order valence-electron chi connectivity index (χ2n) is 6.23. The fourth-order valence-corrected chi connectivity index (χ4v) is 3.51. The highest BCUT2D eigenvalue weighted by atomic mass is 32.2. The largest absolute Gasteiger partial charge is 0.393 e. The molecule has 5 nitrogen and oxygen atoms in total. The Labute approximate surface area is 158 Å². The maximum Gasteiger partial charge on any atom is 0.180 e. The van der Waals surface area contributed by atoms with Crippen LogP contribution in [0.5, 0.6) is 0 Å². The van der Waals surface area contributed by atoms with Crippen LogP contribution in [0.2, 0.25) is 0 Å². The molecular weight excluding hydrogens is 344 g/mol. The molecule has 3 N–H and O–H groups in total. The first kappa shape index (κ1) is 18.5. The topological polar surface area (TPSA) is 74.2 Å². The van der Waals surface area contributed by atoms with Gasteiger partial charge in [0.25, 0.3) is 0 Å². The minimum atomic E-state index is -0.182. The van der Waals surface area contributed by atoms with E-state index < -0.39 is 0 Å². The number of anilines is 1. The zero-order valence-corrected chi connectivity index (χ0v) is 15.5. The van der Waals surface area contributed by atoms with E-state index in [1.807, 2.05) is 36.4 Å². The lowest BCUT2D eigenvalue weighted by atomic mass is 10.1. The molecule has 0 saturated carbocycles. The van der Waals surface area contributed by atoms with E-state index in [0.29, 0.717) is 5.17 Å². The molecule has 3 rings (SSSR count). The average Bonchev–Trinajstić information content (AvgIpc) is 2.68. The summed E-state index contributed by atoms with van der Waals surface area (Å²) < 4.78 is 0. The summed E-state index contributed by atoms with van der Waals surface area (Å²) in [5.74, 6) is 0.776. The summed E-state index contributed by atoms with van der Waals surface area (Å²) in [7, 11) is 0. The van der Waals surface area contributed by atoms with Crippen molar-refractivity contribution < 1.29 is 5.11 Å². The van der Waals surface area contributed by atoms with E-state index in [2.05, 4.69) is 33.3 Å². The van der Waals surface area contributed by atoms with Gasteiger partial charge in [0.05, 0.1) is 12.3 Å². The van der Waals surface area contributed by atoms with Gasteiger partial charge in [0.1, 0.15) is 0 Å². The number of thioether (sulfide) groups is 1. The van der Waals surface area contributed by atoms with Crippen LogP contribution in [0.4, 0.5) is 5.69 Å². The molecule has 0 bridgehead atoms. The van der Waals surface area contributed by atoms with Crippen molar-refractivity contribution in [2.75, 3.05) is 18.0 Å². The first-order valence-corrected chi connectivity index (χ1v) is 9.76. The van der Waals surface area contributed by atoms with E-state index in [-0.39, 0.29) is 6.10 Å². The molecule has 0 spiro atoms. The Morgan fingerprint density at radius 1 is 1.12 bits per heavy atom. The number of amidine groups is 1. The SMILES string of the molecule is NC(=NN=Cc1ccccc1N1CCC(O)CC1)SCc1ccccc1. The molecule has 26 heavy (non-hydrogen) atoms. The third kappa shape index (κ3) is 5.34. The Hall–Kier alpha value is -2.31. The normalized spacial score (nSPS) is 16.3. The fraction of sp³-hybridized carbons (Fsp3) is 0.300. The van der Waals surface area contributed by atoms with Crippen molar-refractivity contribution in [2.45, 2.75) is 24.7 Å². The van der Waals surface area contributed by atoms with Crippen LogP contribution in [0.1, 0.15) is 24.0 Å². The standard InChI is InChI=1S/C20H24N4OS/c21-20(26-15-16-6-2-1-3-7-16)23-22-14-17-8-4-5-9-19(17)24-12-10-18(25)11-13-24/h1-9,14,18,25H,10-13,15H2,(H2,21,23). The molecular formula is C20H24N4OS. The van der Waals surface area contributed by atoms with Gasteiger partial charge >= 0.3 is 0 Å². The molecule has 1 heterocycles. The van der Waals surface area contributed by atoms with Crippen LogP contribution in [0.15, 0.2) is 64.8 Å². The van der Waals surface area contributed by atoms with Crippen molar-refractivity contribution in [1.82, 2.24) is 0 Å². The maximum atomic E-state index is 9.69. The number of rotatable bonds is 5. The van der Waals surface area contributed by atoms with Crippen molar-refractivity contribution in [1.29, 1.82) is 0 Å². The molecule has 2 aromatic rings. The smallest absolute Gasteiger partial charge is 0.180 e. The number of para-hydroxylation sites is 1. The third-order valence-corrected chi connectivity index (χ3v) is 5.18. The predicted octanol–water partition coefficient (Wildman–Crippen LogP) is 3.23. The number of aliphatic hydroxyl groups is 1. The van der Waals surface area contributed by atoms with Gasteiger partial charge in [-0.3, -0.25) is 0 Å². The van der Waals surface area contributed by atoms with Gasteiger partial charge in [0, 0.05) is 30.1 Å². The molecule has 2 aromatic carbocycles. The van der Waals surface area contributed by atoms with Crippen molar-refractivity contribution in [3.8, 4) is 0 Å². The number of nitrogens with zero attached hydrogens (tertiary/aromatic N) is 3. The van der Waals surface area contributed by atoms with Gasteiger partial charge in [-0.2, -0.15) is 5.10 Å². The van der Waals surface area contributed by atoms with Gasteiger partial charge in [-0.1, -0.05) is 60.3 Å². The number of aliphatic hydroxyl groups excluding tert-OH is 1. The minimum Gasteiger partial charge on any atom is -0.393 e. The van der Waals surface area contributed by atoms with Crippen LogP contribution < -0.4 is 10.6 Å². The molecule has 136 valence electrons. The van der Waals surface area contributed by atoms with Crippen LogP contribution in [0.25, 0.3) is 0 Å². The second kappa shape index (κ2) is 9.40. The second-order valence-corrected chi connectivity index (χ2v) is 7.23. The molecule has 0 aromatic heterocycles. The summed E-state index contributed by atoms with van der Waals surface area (Å²) >= 11 is 1.47. The van der Waals surface area contributed by atoms with Crippen LogP contribution >= 0.6 is 11.8 Å². The lowest BCUT2D eigenvalue weighted by Gasteiger charge is -2.32. The van der Waals surface area contributed by atoms with E-state index in [9.17, 15) is 5.11 Å². The van der Waals surface area contributed by atoms with Gasteiger partial charge in [-0.25, -0.2) is 0 Å². The zero-order chi connectivity index (χ0) is 18.2. The number of nitrogens with two attached hydrogens (primary N) is 1. The van der Waals surface area contributed by atoms with Crippen molar-refractivity contribution in [2.24, 2.45) is 15.9 Å². The molecule has 0 unspecified atom stereocenters. The number of hydrogen-bond acceptors (Lipinski definition) is 5. The molecule has 1 fully saturated rings. The Morgan fingerprint density at radius 3 is 2.58 bits per heavy atom. The van der Waals surface area contributed by atoms with E-state index >= 15 is 0 Å². The Bertz CT molecular complexity index is 755. The summed E-state index contributed by atoms with van der Waals surface area (Å²) in [6.07, 6.45) is 3.16.